The first kappa shape index (κ1) is 13.8. The number of hydrogen-bond acceptors (Lipinski definition) is 3. The van der Waals surface area contributed by atoms with Gasteiger partial charge in [0.05, 0.1) is 6.42 Å². The molecule has 1 aromatic carbocycles. The average molecular weight is 271 g/mol. The van der Waals surface area contributed by atoms with Crippen LogP contribution in [0.15, 0.2) is 47.5 Å². The molecule has 0 radical (unpaired) electrons. The van der Waals surface area contributed by atoms with Crippen molar-refractivity contribution in [3.8, 4) is 0 Å². The van der Waals surface area contributed by atoms with Crippen LogP contribution in [0.4, 0.5) is 0 Å². The predicted octanol–water partition coefficient (Wildman–Crippen LogP) is 3.79. The lowest BCUT2D eigenvalue weighted by Gasteiger charge is -2.06. The van der Waals surface area contributed by atoms with Crippen LogP contribution < -0.4 is 0 Å². The predicted molar refractivity (Wildman–Crippen MR) is 79.9 cm³/mol. The Labute approximate surface area is 118 Å². The van der Waals surface area contributed by atoms with Crippen LogP contribution >= 0.6 is 11.8 Å². The second-order valence-corrected chi connectivity index (χ2v) is 5.16. The maximum atomic E-state index is 12.3. The number of Topliss-reactive ketones (excluding diaryl/α,β-unsaturated/α-hetero) is 1. The topological polar surface area (TPSA) is 30.0 Å². The molecule has 0 unspecified atom stereocenters. The third-order valence-corrected chi connectivity index (χ3v) is 3.84. The molecule has 0 fully saturated rings. The van der Waals surface area contributed by atoms with E-state index >= 15 is 0 Å². The molecule has 0 N–H and O–H groups in total. The van der Waals surface area contributed by atoms with Crippen LogP contribution in [0.5, 0.6) is 0 Å². The summed E-state index contributed by atoms with van der Waals surface area (Å²) in [4.78, 5) is 17.7. The van der Waals surface area contributed by atoms with E-state index in [-0.39, 0.29) is 5.78 Å². The molecule has 0 saturated carbocycles. The Balaban J connectivity index is 2.16. The lowest BCUT2D eigenvalue weighted by molar-refractivity contribution is 0.0989. The van der Waals surface area contributed by atoms with Crippen LogP contribution in [0, 0.1) is 0 Å². The third kappa shape index (κ3) is 3.44. The van der Waals surface area contributed by atoms with Gasteiger partial charge >= 0.3 is 0 Å². The monoisotopic (exact) mass is 271 g/mol. The molecule has 1 aromatic heterocycles. The zero-order chi connectivity index (χ0) is 13.7. The second-order valence-electron chi connectivity index (χ2n) is 4.31. The molecule has 0 saturated heterocycles. The zero-order valence-corrected chi connectivity index (χ0v) is 12.0. The molecule has 0 aliphatic carbocycles. The van der Waals surface area contributed by atoms with Crippen molar-refractivity contribution in [3.05, 3.63) is 59.4 Å². The summed E-state index contributed by atoms with van der Waals surface area (Å²) in [5.74, 6) is 0.127. The summed E-state index contributed by atoms with van der Waals surface area (Å²) in [7, 11) is 0. The number of pyridine rings is 1. The molecule has 3 heteroatoms. The Bertz CT molecular complexity index is 563. The molecule has 0 aliphatic rings. The van der Waals surface area contributed by atoms with Gasteiger partial charge in [-0.2, -0.15) is 0 Å². The van der Waals surface area contributed by atoms with Crippen molar-refractivity contribution in [2.45, 2.75) is 24.7 Å². The molecule has 98 valence electrons. The van der Waals surface area contributed by atoms with Gasteiger partial charge < -0.3 is 0 Å². The van der Waals surface area contributed by atoms with Gasteiger partial charge in [-0.1, -0.05) is 31.2 Å². The first-order valence-electron chi connectivity index (χ1n) is 6.34. The largest absolute Gasteiger partial charge is 0.294 e. The van der Waals surface area contributed by atoms with Crippen LogP contribution in [-0.2, 0) is 12.8 Å². The Morgan fingerprint density at radius 1 is 1.21 bits per heavy atom. The van der Waals surface area contributed by atoms with Gasteiger partial charge in [0.2, 0.25) is 0 Å². The van der Waals surface area contributed by atoms with Crippen molar-refractivity contribution in [3.63, 3.8) is 0 Å². The maximum Gasteiger partial charge on any atom is 0.169 e. The van der Waals surface area contributed by atoms with Crippen molar-refractivity contribution in [2.75, 3.05) is 6.26 Å². The minimum Gasteiger partial charge on any atom is -0.294 e. The highest BCUT2D eigenvalue weighted by Crippen LogP contribution is 2.21. The standard InChI is InChI=1S/C16H17NOS/c1-3-12-8-9-13(17-11-12)10-15(18)14-6-4-5-7-16(14)19-2/h4-9,11H,3,10H2,1-2H3. The van der Waals surface area contributed by atoms with Gasteiger partial charge in [0.15, 0.2) is 5.78 Å². The summed E-state index contributed by atoms with van der Waals surface area (Å²) in [6, 6.07) is 11.7. The van der Waals surface area contributed by atoms with Crippen molar-refractivity contribution >= 4 is 17.5 Å². The lowest BCUT2D eigenvalue weighted by atomic mass is 10.1. The fraction of sp³-hybridized carbons (Fsp3) is 0.250. The Kier molecular flexibility index (Phi) is 4.74. The van der Waals surface area contributed by atoms with E-state index in [4.69, 9.17) is 0 Å². The molecular weight excluding hydrogens is 254 g/mol. The summed E-state index contributed by atoms with van der Waals surface area (Å²) in [5, 5.41) is 0. The van der Waals surface area contributed by atoms with E-state index in [1.54, 1.807) is 11.8 Å². The molecule has 0 bridgehead atoms. The number of benzene rings is 1. The van der Waals surface area contributed by atoms with Gasteiger partial charge in [-0.05, 0) is 30.4 Å². The maximum absolute atomic E-state index is 12.3. The highest BCUT2D eigenvalue weighted by molar-refractivity contribution is 7.98. The van der Waals surface area contributed by atoms with E-state index in [9.17, 15) is 4.79 Å². The van der Waals surface area contributed by atoms with E-state index in [0.29, 0.717) is 6.42 Å². The van der Waals surface area contributed by atoms with Crippen molar-refractivity contribution in [2.24, 2.45) is 0 Å². The van der Waals surface area contributed by atoms with E-state index < -0.39 is 0 Å². The fourth-order valence-electron chi connectivity index (χ4n) is 1.90. The average Bonchev–Trinajstić information content (AvgIpc) is 2.48. The molecule has 2 nitrogen and oxygen atoms in total. The van der Waals surface area contributed by atoms with Gasteiger partial charge in [0, 0.05) is 22.3 Å². The van der Waals surface area contributed by atoms with Crippen LogP contribution in [-0.4, -0.2) is 17.0 Å². The van der Waals surface area contributed by atoms with Gasteiger partial charge in [0.1, 0.15) is 0 Å². The van der Waals surface area contributed by atoms with Gasteiger partial charge in [-0.3, -0.25) is 9.78 Å². The first-order chi connectivity index (χ1) is 9.24. The Hall–Kier alpha value is -1.61. The minimum absolute atomic E-state index is 0.127. The summed E-state index contributed by atoms with van der Waals surface area (Å²) in [5.41, 5.74) is 2.81. The van der Waals surface area contributed by atoms with Crippen molar-refractivity contribution in [1.82, 2.24) is 4.98 Å². The van der Waals surface area contributed by atoms with E-state index in [0.717, 1.165) is 22.6 Å². The smallest absolute Gasteiger partial charge is 0.169 e. The van der Waals surface area contributed by atoms with E-state index in [2.05, 4.69) is 11.9 Å². The molecule has 2 aromatic rings. The number of thioether (sulfide) groups is 1. The molecule has 0 amide bonds. The van der Waals surface area contributed by atoms with Gasteiger partial charge in [-0.25, -0.2) is 0 Å². The second kappa shape index (κ2) is 6.53. The molecule has 19 heavy (non-hydrogen) atoms. The SMILES string of the molecule is CCc1ccc(CC(=O)c2ccccc2SC)nc1. The molecule has 2 rings (SSSR count). The number of aryl methyl sites for hydroxylation is 1. The summed E-state index contributed by atoms with van der Waals surface area (Å²) >= 11 is 1.60. The molecule has 0 spiro atoms. The minimum atomic E-state index is 0.127. The number of carbonyl (C=O) groups is 1. The van der Waals surface area contributed by atoms with Crippen molar-refractivity contribution < 1.29 is 4.79 Å². The Morgan fingerprint density at radius 2 is 2.00 bits per heavy atom. The van der Waals surface area contributed by atoms with E-state index in [1.807, 2.05) is 48.9 Å². The van der Waals surface area contributed by atoms with Crippen molar-refractivity contribution in [1.29, 1.82) is 0 Å². The first-order valence-corrected chi connectivity index (χ1v) is 7.57. The highest BCUT2D eigenvalue weighted by atomic mass is 32.2. The third-order valence-electron chi connectivity index (χ3n) is 3.04. The number of aromatic nitrogens is 1. The van der Waals surface area contributed by atoms with Crippen LogP contribution in [0.3, 0.4) is 0 Å². The number of nitrogens with zero attached hydrogens (tertiary/aromatic N) is 1. The normalized spacial score (nSPS) is 10.4. The Morgan fingerprint density at radius 3 is 2.63 bits per heavy atom. The summed E-state index contributed by atoms with van der Waals surface area (Å²) in [6.45, 7) is 2.09. The van der Waals surface area contributed by atoms with Gasteiger partial charge in [0.25, 0.3) is 0 Å². The summed E-state index contributed by atoms with van der Waals surface area (Å²) in [6.07, 6.45) is 5.17. The van der Waals surface area contributed by atoms with Crippen LogP contribution in [0.1, 0.15) is 28.5 Å². The molecule has 0 atom stereocenters. The van der Waals surface area contributed by atoms with Crippen LogP contribution in [0.25, 0.3) is 0 Å². The highest BCUT2D eigenvalue weighted by Gasteiger charge is 2.11. The number of hydrogen-bond donors (Lipinski definition) is 0. The lowest BCUT2D eigenvalue weighted by Crippen LogP contribution is -2.06. The molecule has 0 aliphatic heterocycles. The number of carbonyl (C=O) groups excluding carboxylic acids is 1. The number of ketones is 1. The zero-order valence-electron chi connectivity index (χ0n) is 11.2. The van der Waals surface area contributed by atoms with E-state index in [1.165, 1.54) is 5.56 Å². The summed E-state index contributed by atoms with van der Waals surface area (Å²) < 4.78 is 0. The fourth-order valence-corrected chi connectivity index (χ4v) is 2.52. The molecular formula is C16H17NOS. The quantitative estimate of drug-likeness (QED) is 0.612. The van der Waals surface area contributed by atoms with Gasteiger partial charge in [-0.15, -0.1) is 11.8 Å². The molecule has 1 heterocycles. The van der Waals surface area contributed by atoms with Crippen LogP contribution in [0.2, 0.25) is 0 Å². The number of rotatable bonds is 5.